The third-order valence-corrected chi connectivity index (χ3v) is 7.84. The zero-order valence-corrected chi connectivity index (χ0v) is 22.0. The predicted molar refractivity (Wildman–Crippen MR) is 157 cm³/mol. The van der Waals surface area contributed by atoms with E-state index in [0.29, 0.717) is 12.3 Å². The van der Waals surface area contributed by atoms with Gasteiger partial charge in [-0.25, -0.2) is 4.98 Å². The fourth-order valence-corrected chi connectivity index (χ4v) is 5.83. The summed E-state index contributed by atoms with van der Waals surface area (Å²) in [4.78, 5) is 29.6. The number of carbonyl (C=O) groups excluding carboxylic acids is 1. The Kier molecular flexibility index (Phi) is 6.28. The van der Waals surface area contributed by atoms with Gasteiger partial charge in [0.15, 0.2) is 0 Å². The molecule has 6 aromatic rings. The van der Waals surface area contributed by atoms with Gasteiger partial charge in [-0.2, -0.15) is 5.10 Å². The van der Waals surface area contributed by atoms with E-state index in [2.05, 4.69) is 47.6 Å². The summed E-state index contributed by atoms with van der Waals surface area (Å²) in [6.45, 7) is 0. The van der Waals surface area contributed by atoms with Crippen LogP contribution in [-0.2, 0) is 4.79 Å². The molecule has 198 valence electrons. The molecule has 5 heterocycles. The predicted octanol–water partition coefficient (Wildman–Crippen LogP) is 7.14. The van der Waals surface area contributed by atoms with Crippen LogP contribution in [-0.4, -0.2) is 36.0 Å². The highest BCUT2D eigenvalue weighted by molar-refractivity contribution is 6.00. The van der Waals surface area contributed by atoms with Crippen molar-refractivity contribution in [1.82, 2.24) is 30.1 Å². The number of amides is 1. The third kappa shape index (κ3) is 4.73. The first kappa shape index (κ1) is 24.2. The van der Waals surface area contributed by atoms with Crippen molar-refractivity contribution >= 4 is 33.5 Å². The van der Waals surface area contributed by atoms with E-state index in [1.807, 2.05) is 48.7 Å². The Morgan fingerprint density at radius 3 is 2.70 bits per heavy atom. The highest BCUT2D eigenvalue weighted by Gasteiger charge is 2.18. The summed E-state index contributed by atoms with van der Waals surface area (Å²) in [5.74, 6) is 0.558. The van der Waals surface area contributed by atoms with Crippen molar-refractivity contribution in [2.45, 2.75) is 38.5 Å². The number of nitrogens with zero attached hydrogens (tertiary/aromatic N) is 4. The normalized spacial score (nSPS) is 14.1. The van der Waals surface area contributed by atoms with E-state index < -0.39 is 0 Å². The zero-order valence-electron chi connectivity index (χ0n) is 22.0. The number of nitrogens with one attached hydrogen (secondary N) is 3. The lowest BCUT2D eigenvalue weighted by Crippen LogP contribution is -2.18. The van der Waals surface area contributed by atoms with Crippen LogP contribution >= 0.6 is 0 Å². The smallest absolute Gasteiger partial charge is 0.224 e. The van der Waals surface area contributed by atoms with Crippen molar-refractivity contribution in [1.29, 1.82) is 0 Å². The van der Waals surface area contributed by atoms with E-state index in [1.54, 1.807) is 18.6 Å². The summed E-state index contributed by atoms with van der Waals surface area (Å²) in [5, 5.41) is 12.8. The maximum absolute atomic E-state index is 12.7. The molecule has 0 atom stereocenters. The first-order valence-corrected chi connectivity index (χ1v) is 13.8. The highest BCUT2D eigenvalue weighted by Crippen LogP contribution is 2.34. The molecule has 0 radical (unpaired) electrons. The lowest BCUT2D eigenvalue weighted by atomic mass is 9.87. The summed E-state index contributed by atoms with van der Waals surface area (Å²) in [6.07, 6.45) is 13.7. The van der Waals surface area contributed by atoms with Crippen molar-refractivity contribution in [3.05, 3.63) is 79.4 Å². The van der Waals surface area contributed by atoms with E-state index in [9.17, 15) is 4.79 Å². The number of aromatic nitrogens is 6. The molecular formula is C32H29N7O. The molecular weight excluding hydrogens is 498 g/mol. The number of benzene rings is 1. The Hall–Kier alpha value is -4.85. The van der Waals surface area contributed by atoms with Crippen LogP contribution in [0.15, 0.2) is 79.4 Å². The maximum Gasteiger partial charge on any atom is 0.224 e. The Bertz CT molecular complexity index is 1820. The molecule has 1 amide bonds. The number of pyridine rings is 3. The Labute approximate surface area is 231 Å². The van der Waals surface area contributed by atoms with Crippen molar-refractivity contribution in [3.63, 3.8) is 0 Å². The summed E-state index contributed by atoms with van der Waals surface area (Å²) in [6, 6.07) is 18.1. The van der Waals surface area contributed by atoms with E-state index in [-0.39, 0.29) is 5.91 Å². The number of aromatic amines is 2. The molecule has 1 aliphatic rings. The summed E-state index contributed by atoms with van der Waals surface area (Å²) in [7, 11) is 0. The summed E-state index contributed by atoms with van der Waals surface area (Å²) in [5.41, 5.74) is 7.95. The number of anilines is 1. The monoisotopic (exact) mass is 527 g/mol. The van der Waals surface area contributed by atoms with Gasteiger partial charge in [-0.15, -0.1) is 0 Å². The molecule has 1 aromatic carbocycles. The fourth-order valence-electron chi connectivity index (χ4n) is 5.83. The molecule has 7 rings (SSSR count). The SMILES string of the molecule is O=C(CC1CCCCC1)Nc1cncc(-c2ccc3[nH]nc(-c4cc5c(-c6ccccn6)ccnc5[nH]4)c3c2)c1. The van der Waals surface area contributed by atoms with Crippen molar-refractivity contribution in [2.24, 2.45) is 5.92 Å². The molecule has 40 heavy (non-hydrogen) atoms. The van der Waals surface area contributed by atoms with Crippen molar-refractivity contribution in [2.75, 3.05) is 5.32 Å². The number of hydrogen-bond acceptors (Lipinski definition) is 5. The van der Waals surface area contributed by atoms with Crippen LogP contribution in [0.2, 0.25) is 0 Å². The zero-order chi connectivity index (χ0) is 26.9. The van der Waals surface area contributed by atoms with E-state index in [0.717, 1.165) is 74.2 Å². The molecule has 0 unspecified atom stereocenters. The average molecular weight is 528 g/mol. The Balaban J connectivity index is 1.19. The van der Waals surface area contributed by atoms with Crippen molar-refractivity contribution < 1.29 is 4.79 Å². The highest BCUT2D eigenvalue weighted by atomic mass is 16.1. The fraction of sp³-hybridized carbons (Fsp3) is 0.219. The van der Waals surface area contributed by atoms with E-state index in [4.69, 9.17) is 0 Å². The summed E-state index contributed by atoms with van der Waals surface area (Å²) < 4.78 is 0. The van der Waals surface area contributed by atoms with Gasteiger partial charge in [-0.3, -0.25) is 19.9 Å². The van der Waals surface area contributed by atoms with E-state index in [1.165, 1.54) is 19.3 Å². The van der Waals surface area contributed by atoms with Gasteiger partial charge in [0.05, 0.1) is 28.8 Å². The molecule has 8 nitrogen and oxygen atoms in total. The van der Waals surface area contributed by atoms with Gasteiger partial charge in [0.2, 0.25) is 5.91 Å². The molecule has 1 fully saturated rings. The van der Waals surface area contributed by atoms with E-state index >= 15 is 0 Å². The number of H-pyrrole nitrogens is 2. The molecule has 5 aromatic heterocycles. The lowest BCUT2D eigenvalue weighted by Gasteiger charge is -2.20. The van der Waals surface area contributed by atoms with Gasteiger partial charge in [0.1, 0.15) is 11.3 Å². The minimum absolute atomic E-state index is 0.0657. The molecule has 3 N–H and O–H groups in total. The number of hydrogen-bond donors (Lipinski definition) is 3. The van der Waals surface area contributed by atoms with Crippen LogP contribution in [0.25, 0.3) is 55.7 Å². The standard InChI is InChI=1S/C32H29N7O/c40-30(14-20-6-2-1-3-7-20)36-23-15-22(18-33-19-23)21-9-10-28-26(16-21)31(39-38-28)29-17-25-24(11-13-35-32(25)37-29)27-8-4-5-12-34-27/h4-5,8-13,15-20H,1-3,6-7,14H2,(H,35,37)(H,36,40)(H,38,39). The Morgan fingerprint density at radius 1 is 0.900 bits per heavy atom. The second-order valence-electron chi connectivity index (χ2n) is 10.6. The maximum atomic E-state index is 12.7. The molecule has 0 bridgehead atoms. The first-order valence-electron chi connectivity index (χ1n) is 13.8. The molecule has 8 heteroatoms. The van der Waals surface area contributed by atoms with Gasteiger partial charge in [-0.1, -0.05) is 31.4 Å². The second kappa shape index (κ2) is 10.4. The average Bonchev–Trinajstić information content (AvgIpc) is 3.62. The molecule has 1 saturated carbocycles. The minimum Gasteiger partial charge on any atom is -0.338 e. The molecule has 1 aliphatic carbocycles. The third-order valence-electron chi connectivity index (χ3n) is 7.84. The van der Waals surface area contributed by atoms with Crippen LogP contribution < -0.4 is 5.32 Å². The quantitative estimate of drug-likeness (QED) is 0.213. The minimum atomic E-state index is 0.0657. The van der Waals surface area contributed by atoms with Gasteiger partial charge >= 0.3 is 0 Å². The Morgan fingerprint density at radius 2 is 1.82 bits per heavy atom. The van der Waals surface area contributed by atoms with Gasteiger partial charge in [0.25, 0.3) is 0 Å². The lowest BCUT2D eigenvalue weighted by molar-refractivity contribution is -0.117. The van der Waals surface area contributed by atoms with Crippen LogP contribution in [0.3, 0.4) is 0 Å². The van der Waals surface area contributed by atoms with Gasteiger partial charge < -0.3 is 10.3 Å². The first-order chi connectivity index (χ1) is 19.7. The van der Waals surface area contributed by atoms with Crippen LogP contribution in [0.4, 0.5) is 5.69 Å². The van der Waals surface area contributed by atoms with Crippen LogP contribution in [0.5, 0.6) is 0 Å². The number of rotatable bonds is 6. The van der Waals surface area contributed by atoms with Crippen LogP contribution in [0, 0.1) is 5.92 Å². The van der Waals surface area contributed by atoms with Crippen molar-refractivity contribution in [3.8, 4) is 33.8 Å². The molecule has 0 spiro atoms. The second-order valence-corrected chi connectivity index (χ2v) is 10.6. The number of carbonyl (C=O) groups is 1. The molecule has 0 saturated heterocycles. The van der Waals surface area contributed by atoms with Crippen LogP contribution in [0.1, 0.15) is 38.5 Å². The number of fused-ring (bicyclic) bond motifs is 2. The summed E-state index contributed by atoms with van der Waals surface area (Å²) >= 11 is 0. The topological polar surface area (TPSA) is 112 Å². The van der Waals surface area contributed by atoms with Gasteiger partial charge in [-0.05, 0) is 66.8 Å². The van der Waals surface area contributed by atoms with Gasteiger partial charge in [0, 0.05) is 46.9 Å². The molecule has 0 aliphatic heterocycles. The largest absolute Gasteiger partial charge is 0.338 e.